The fraction of sp³-hybridized carbons (Fsp3) is 0.524. The van der Waals surface area contributed by atoms with Gasteiger partial charge in [-0.3, -0.25) is 4.79 Å². The number of ether oxygens (including phenoxy) is 1. The Hall–Kier alpha value is -3.14. The van der Waals surface area contributed by atoms with Crippen molar-refractivity contribution in [3.8, 4) is 11.4 Å². The molecule has 5 rings (SSSR count). The minimum absolute atomic E-state index is 0.103. The molecule has 10 nitrogen and oxygen atoms in total. The number of aryl methyl sites for hydroxylation is 2. The Labute approximate surface area is 180 Å². The molecule has 1 unspecified atom stereocenters. The number of nitrogens with zero attached hydrogens (tertiary/aromatic N) is 7. The van der Waals surface area contributed by atoms with Gasteiger partial charge in [-0.2, -0.15) is 0 Å². The van der Waals surface area contributed by atoms with E-state index in [2.05, 4.69) is 32.2 Å². The number of fused-ring (bicyclic) bond motifs is 1. The lowest BCUT2D eigenvalue weighted by Crippen LogP contribution is -2.38. The average molecular weight is 422 g/mol. The molecular formula is C21H26N8O2. The molecule has 2 saturated heterocycles. The van der Waals surface area contributed by atoms with Crippen LogP contribution in [0.3, 0.4) is 0 Å². The van der Waals surface area contributed by atoms with Crippen molar-refractivity contribution in [2.75, 3.05) is 25.0 Å². The fourth-order valence-electron chi connectivity index (χ4n) is 4.32. The van der Waals surface area contributed by atoms with E-state index in [1.165, 1.54) is 0 Å². The zero-order chi connectivity index (χ0) is 21.4. The molecule has 3 aromatic heterocycles. The van der Waals surface area contributed by atoms with Gasteiger partial charge in [-0.1, -0.05) is 0 Å². The molecule has 0 spiro atoms. The summed E-state index contributed by atoms with van der Waals surface area (Å²) in [6.45, 7) is 6.66. The third-order valence-corrected chi connectivity index (χ3v) is 5.93. The Bertz CT molecular complexity index is 1090. The molecule has 2 aliphatic heterocycles. The Morgan fingerprint density at radius 1 is 1.23 bits per heavy atom. The highest BCUT2D eigenvalue weighted by Crippen LogP contribution is 2.27. The van der Waals surface area contributed by atoms with E-state index in [1.807, 2.05) is 16.4 Å². The number of carbonyl (C=O) groups is 1. The van der Waals surface area contributed by atoms with Crippen molar-refractivity contribution in [1.29, 1.82) is 0 Å². The van der Waals surface area contributed by atoms with Gasteiger partial charge in [-0.05, 0) is 33.1 Å². The molecule has 1 N–H and O–H groups in total. The highest BCUT2D eigenvalue weighted by Gasteiger charge is 2.33. The van der Waals surface area contributed by atoms with Crippen molar-refractivity contribution < 1.29 is 9.53 Å². The first-order valence-corrected chi connectivity index (χ1v) is 10.8. The fourth-order valence-corrected chi connectivity index (χ4v) is 4.32. The molecule has 0 bridgehead atoms. The van der Waals surface area contributed by atoms with Crippen LogP contribution in [-0.2, 0) is 16.1 Å². The van der Waals surface area contributed by atoms with Gasteiger partial charge in [-0.25, -0.2) is 24.9 Å². The summed E-state index contributed by atoms with van der Waals surface area (Å²) in [4.78, 5) is 36.9. The molecule has 0 aromatic carbocycles. The predicted octanol–water partition coefficient (Wildman–Crippen LogP) is 1.80. The van der Waals surface area contributed by atoms with Crippen LogP contribution in [0.25, 0.3) is 22.6 Å². The summed E-state index contributed by atoms with van der Waals surface area (Å²) >= 11 is 0. The average Bonchev–Trinajstić information content (AvgIpc) is 3.54. The lowest BCUT2D eigenvalue weighted by atomic mass is 10.2. The van der Waals surface area contributed by atoms with Gasteiger partial charge in [0.2, 0.25) is 0 Å². The van der Waals surface area contributed by atoms with Crippen molar-refractivity contribution in [2.24, 2.45) is 0 Å². The second-order valence-corrected chi connectivity index (χ2v) is 8.01. The van der Waals surface area contributed by atoms with Crippen molar-refractivity contribution in [3.05, 3.63) is 24.5 Å². The molecule has 0 radical (unpaired) electrons. The van der Waals surface area contributed by atoms with E-state index in [-0.39, 0.29) is 18.1 Å². The van der Waals surface area contributed by atoms with E-state index >= 15 is 0 Å². The number of carbonyl (C=O) groups excluding carboxylic acids is 1. The van der Waals surface area contributed by atoms with Crippen LogP contribution in [0.15, 0.2) is 18.7 Å². The number of hydrogen-bond donors (Lipinski definition) is 1. The zero-order valence-electron chi connectivity index (χ0n) is 17.8. The van der Waals surface area contributed by atoms with E-state index < -0.39 is 0 Å². The quantitative estimate of drug-likeness (QED) is 0.663. The van der Waals surface area contributed by atoms with E-state index in [1.54, 1.807) is 18.7 Å². The summed E-state index contributed by atoms with van der Waals surface area (Å²) in [5, 5.41) is 3.49. The minimum atomic E-state index is -0.274. The molecule has 3 aromatic rings. The van der Waals surface area contributed by atoms with E-state index in [4.69, 9.17) is 9.72 Å². The monoisotopic (exact) mass is 422 g/mol. The molecular weight excluding hydrogens is 396 g/mol. The summed E-state index contributed by atoms with van der Waals surface area (Å²) in [6.07, 6.45) is 7.47. The second kappa shape index (κ2) is 8.18. The summed E-state index contributed by atoms with van der Waals surface area (Å²) in [6, 6.07) is 0.112. The predicted molar refractivity (Wildman–Crippen MR) is 114 cm³/mol. The Balaban J connectivity index is 1.39. The lowest BCUT2D eigenvalue weighted by Gasteiger charge is -2.20. The maximum absolute atomic E-state index is 12.6. The minimum Gasteiger partial charge on any atom is -0.368 e. The SMILES string of the molecule is CCn1c(-c2cnc(C)nc2)nc2c(N[C@H]3CCN(C(=O)C4CCCO4)C3)ncnc21. The molecule has 2 atom stereocenters. The summed E-state index contributed by atoms with van der Waals surface area (Å²) in [5.41, 5.74) is 2.32. The van der Waals surface area contributed by atoms with Crippen LogP contribution >= 0.6 is 0 Å². The van der Waals surface area contributed by atoms with Crippen LogP contribution in [0.5, 0.6) is 0 Å². The maximum atomic E-state index is 12.6. The van der Waals surface area contributed by atoms with Crippen molar-refractivity contribution in [3.63, 3.8) is 0 Å². The van der Waals surface area contributed by atoms with Crippen LogP contribution in [0.1, 0.15) is 32.0 Å². The largest absolute Gasteiger partial charge is 0.368 e. The second-order valence-electron chi connectivity index (χ2n) is 8.01. The Kier molecular flexibility index (Phi) is 5.23. The van der Waals surface area contributed by atoms with Gasteiger partial charge in [0.1, 0.15) is 24.1 Å². The number of aromatic nitrogens is 6. The first-order valence-electron chi connectivity index (χ1n) is 10.8. The van der Waals surface area contributed by atoms with Crippen molar-refractivity contribution in [2.45, 2.75) is 51.8 Å². The van der Waals surface area contributed by atoms with Gasteiger partial charge in [0.15, 0.2) is 17.0 Å². The number of nitrogens with one attached hydrogen (secondary N) is 1. The summed E-state index contributed by atoms with van der Waals surface area (Å²) in [5.74, 6) is 2.27. The van der Waals surface area contributed by atoms with Crippen LogP contribution in [0.4, 0.5) is 5.82 Å². The van der Waals surface area contributed by atoms with Crippen molar-refractivity contribution >= 4 is 22.9 Å². The van der Waals surface area contributed by atoms with E-state index in [9.17, 15) is 4.79 Å². The molecule has 2 aliphatic rings. The zero-order valence-corrected chi connectivity index (χ0v) is 17.8. The number of amides is 1. The third-order valence-electron chi connectivity index (χ3n) is 5.93. The standard InChI is InChI=1S/C21H26N8O2/c1-3-29-19(14-9-22-13(2)23-10-14)27-17-18(24-12-25-20(17)29)26-15-6-7-28(11-15)21(30)16-5-4-8-31-16/h9-10,12,15-16H,3-8,11H2,1-2H3,(H,24,25,26)/t15-,16?/m0/s1. The van der Waals surface area contributed by atoms with Gasteiger partial charge in [-0.15, -0.1) is 0 Å². The summed E-state index contributed by atoms with van der Waals surface area (Å²) in [7, 11) is 0. The van der Waals surface area contributed by atoms with Crippen LogP contribution in [-0.4, -0.2) is 72.1 Å². The molecule has 0 aliphatic carbocycles. The number of likely N-dealkylation sites (tertiary alicyclic amines) is 1. The molecule has 162 valence electrons. The molecule has 31 heavy (non-hydrogen) atoms. The molecule has 1 amide bonds. The maximum Gasteiger partial charge on any atom is 0.251 e. The topological polar surface area (TPSA) is 111 Å². The molecule has 5 heterocycles. The molecule has 2 fully saturated rings. The van der Waals surface area contributed by atoms with Crippen LogP contribution in [0.2, 0.25) is 0 Å². The lowest BCUT2D eigenvalue weighted by molar-refractivity contribution is -0.139. The van der Waals surface area contributed by atoms with Gasteiger partial charge in [0.25, 0.3) is 5.91 Å². The molecule has 10 heteroatoms. The Morgan fingerprint density at radius 3 is 2.81 bits per heavy atom. The van der Waals surface area contributed by atoms with Crippen molar-refractivity contribution in [1.82, 2.24) is 34.4 Å². The number of imidazole rings is 1. The smallest absolute Gasteiger partial charge is 0.251 e. The van der Waals surface area contributed by atoms with Crippen LogP contribution < -0.4 is 5.32 Å². The number of anilines is 1. The van der Waals surface area contributed by atoms with E-state index in [0.29, 0.717) is 36.9 Å². The first-order chi connectivity index (χ1) is 15.1. The summed E-state index contributed by atoms with van der Waals surface area (Å²) < 4.78 is 7.60. The van der Waals surface area contributed by atoms with Crippen LogP contribution in [0, 0.1) is 6.92 Å². The molecule has 0 saturated carbocycles. The van der Waals surface area contributed by atoms with Gasteiger partial charge >= 0.3 is 0 Å². The highest BCUT2D eigenvalue weighted by atomic mass is 16.5. The van der Waals surface area contributed by atoms with E-state index in [0.717, 1.165) is 42.8 Å². The van der Waals surface area contributed by atoms with Gasteiger partial charge in [0.05, 0.1) is 5.56 Å². The van der Waals surface area contributed by atoms with Gasteiger partial charge < -0.3 is 19.5 Å². The first kappa shape index (κ1) is 19.8. The van der Waals surface area contributed by atoms with Gasteiger partial charge in [0, 0.05) is 44.7 Å². The Morgan fingerprint density at radius 2 is 2.06 bits per heavy atom. The third kappa shape index (κ3) is 3.71. The number of hydrogen-bond acceptors (Lipinski definition) is 8. The normalized spacial score (nSPS) is 21.2. The highest BCUT2D eigenvalue weighted by molar-refractivity contribution is 5.86. The number of rotatable bonds is 5.